The summed E-state index contributed by atoms with van der Waals surface area (Å²) < 4.78 is 0. The van der Waals surface area contributed by atoms with E-state index < -0.39 is 0 Å². The molecule has 0 saturated heterocycles. The largest absolute Gasteiger partial charge is 0.350 e. The lowest BCUT2D eigenvalue weighted by molar-refractivity contribution is 1.03. The highest BCUT2D eigenvalue weighted by molar-refractivity contribution is 6.43. The second-order valence-corrected chi connectivity index (χ2v) is 5.94. The molecule has 7 heteroatoms. The molecule has 0 fully saturated rings. The highest BCUT2D eigenvalue weighted by atomic mass is 35.5. The first-order valence-electron chi connectivity index (χ1n) is 7.31. The number of pyridine rings is 1. The van der Waals surface area contributed by atoms with Crippen molar-refractivity contribution in [2.45, 2.75) is 13.5 Å². The fourth-order valence-electron chi connectivity index (χ4n) is 2.13. The molecule has 0 atom stereocenters. The zero-order valence-corrected chi connectivity index (χ0v) is 14.4. The van der Waals surface area contributed by atoms with Crippen LogP contribution in [0.1, 0.15) is 11.3 Å². The van der Waals surface area contributed by atoms with E-state index in [0.29, 0.717) is 34.0 Å². The van der Waals surface area contributed by atoms with Crippen molar-refractivity contribution in [3.05, 3.63) is 70.1 Å². The van der Waals surface area contributed by atoms with Crippen LogP contribution in [0.25, 0.3) is 0 Å². The summed E-state index contributed by atoms with van der Waals surface area (Å²) in [7, 11) is 0. The SMILES string of the molecule is Cc1cc(Nc2cccc(Cl)c2Cl)nc(NCc2ccncc2)n1. The van der Waals surface area contributed by atoms with Gasteiger partial charge in [-0.25, -0.2) is 4.98 Å². The molecule has 0 aliphatic carbocycles. The predicted octanol–water partition coefficient (Wildman–Crippen LogP) is 4.84. The third-order valence-corrected chi connectivity index (χ3v) is 4.09. The van der Waals surface area contributed by atoms with Gasteiger partial charge < -0.3 is 10.6 Å². The third kappa shape index (κ3) is 4.13. The Morgan fingerprint density at radius 1 is 1.04 bits per heavy atom. The van der Waals surface area contributed by atoms with Crippen LogP contribution < -0.4 is 10.6 Å². The van der Waals surface area contributed by atoms with E-state index in [1.807, 2.05) is 37.3 Å². The van der Waals surface area contributed by atoms with Crippen molar-refractivity contribution in [3.63, 3.8) is 0 Å². The number of rotatable bonds is 5. The molecule has 0 aliphatic heterocycles. The maximum Gasteiger partial charge on any atom is 0.225 e. The lowest BCUT2D eigenvalue weighted by Gasteiger charge is -2.11. The van der Waals surface area contributed by atoms with Gasteiger partial charge >= 0.3 is 0 Å². The van der Waals surface area contributed by atoms with Gasteiger partial charge in [0.25, 0.3) is 0 Å². The highest BCUT2D eigenvalue weighted by Gasteiger charge is 2.07. The summed E-state index contributed by atoms with van der Waals surface area (Å²) in [4.78, 5) is 12.9. The Bertz CT molecular complexity index is 840. The van der Waals surface area contributed by atoms with Gasteiger partial charge in [0, 0.05) is 30.7 Å². The van der Waals surface area contributed by atoms with E-state index in [0.717, 1.165) is 11.3 Å². The second kappa shape index (κ2) is 7.47. The molecular formula is C17H15Cl2N5. The summed E-state index contributed by atoms with van der Waals surface area (Å²) in [6, 6.07) is 11.1. The van der Waals surface area contributed by atoms with Crippen molar-refractivity contribution < 1.29 is 0 Å². The van der Waals surface area contributed by atoms with E-state index in [1.165, 1.54) is 0 Å². The van der Waals surface area contributed by atoms with E-state index in [-0.39, 0.29) is 0 Å². The summed E-state index contributed by atoms with van der Waals surface area (Å²) in [6.07, 6.45) is 3.50. The Morgan fingerprint density at radius 3 is 2.62 bits per heavy atom. The van der Waals surface area contributed by atoms with Crippen molar-refractivity contribution in [1.82, 2.24) is 15.0 Å². The molecule has 0 unspecified atom stereocenters. The number of aromatic nitrogens is 3. The van der Waals surface area contributed by atoms with Gasteiger partial charge in [0.05, 0.1) is 15.7 Å². The minimum absolute atomic E-state index is 0.460. The average molecular weight is 360 g/mol. The van der Waals surface area contributed by atoms with Crippen LogP contribution in [0.3, 0.4) is 0 Å². The maximum absolute atomic E-state index is 6.20. The zero-order chi connectivity index (χ0) is 16.9. The minimum atomic E-state index is 0.460. The van der Waals surface area contributed by atoms with Gasteiger partial charge in [-0.2, -0.15) is 4.98 Å². The molecule has 0 saturated carbocycles. The van der Waals surface area contributed by atoms with E-state index >= 15 is 0 Å². The van der Waals surface area contributed by atoms with Crippen LogP contribution in [0, 0.1) is 6.92 Å². The molecule has 2 aromatic heterocycles. The van der Waals surface area contributed by atoms with Gasteiger partial charge in [-0.05, 0) is 36.8 Å². The molecular weight excluding hydrogens is 345 g/mol. The zero-order valence-electron chi connectivity index (χ0n) is 12.9. The second-order valence-electron chi connectivity index (χ2n) is 5.15. The first-order chi connectivity index (χ1) is 11.6. The van der Waals surface area contributed by atoms with Gasteiger partial charge in [0.2, 0.25) is 5.95 Å². The summed E-state index contributed by atoms with van der Waals surface area (Å²) >= 11 is 12.2. The molecule has 5 nitrogen and oxygen atoms in total. The minimum Gasteiger partial charge on any atom is -0.350 e. The monoisotopic (exact) mass is 359 g/mol. The van der Waals surface area contributed by atoms with Crippen LogP contribution >= 0.6 is 23.2 Å². The van der Waals surface area contributed by atoms with Crippen molar-refractivity contribution >= 4 is 40.7 Å². The number of halogens is 2. The fourth-order valence-corrected chi connectivity index (χ4v) is 2.48. The van der Waals surface area contributed by atoms with Crippen LogP contribution in [0.15, 0.2) is 48.8 Å². The Hall–Kier alpha value is -2.37. The highest BCUT2D eigenvalue weighted by Crippen LogP contribution is 2.31. The van der Waals surface area contributed by atoms with E-state index in [2.05, 4.69) is 25.6 Å². The molecule has 122 valence electrons. The first kappa shape index (κ1) is 16.5. The van der Waals surface area contributed by atoms with Gasteiger partial charge in [-0.3, -0.25) is 4.98 Å². The number of hydrogen-bond donors (Lipinski definition) is 2. The van der Waals surface area contributed by atoms with Crippen molar-refractivity contribution in [3.8, 4) is 0 Å². The number of hydrogen-bond acceptors (Lipinski definition) is 5. The molecule has 0 aliphatic rings. The van der Waals surface area contributed by atoms with Crippen molar-refractivity contribution in [2.24, 2.45) is 0 Å². The number of benzene rings is 1. The molecule has 2 N–H and O–H groups in total. The van der Waals surface area contributed by atoms with E-state index in [9.17, 15) is 0 Å². The van der Waals surface area contributed by atoms with Gasteiger partial charge in [0.15, 0.2) is 0 Å². The Morgan fingerprint density at radius 2 is 1.83 bits per heavy atom. The average Bonchev–Trinajstić information content (AvgIpc) is 2.58. The summed E-state index contributed by atoms with van der Waals surface area (Å²) in [5.74, 6) is 1.18. The van der Waals surface area contributed by atoms with E-state index in [1.54, 1.807) is 18.5 Å². The predicted molar refractivity (Wildman–Crippen MR) is 98.1 cm³/mol. The third-order valence-electron chi connectivity index (χ3n) is 3.27. The van der Waals surface area contributed by atoms with Crippen LogP contribution in [0.2, 0.25) is 10.0 Å². The molecule has 0 radical (unpaired) electrons. The summed E-state index contributed by atoms with van der Waals surface area (Å²) in [5, 5.41) is 7.33. The molecule has 24 heavy (non-hydrogen) atoms. The lowest BCUT2D eigenvalue weighted by atomic mass is 10.3. The number of nitrogens with one attached hydrogen (secondary N) is 2. The summed E-state index contributed by atoms with van der Waals surface area (Å²) in [5.41, 5.74) is 2.63. The summed E-state index contributed by atoms with van der Waals surface area (Å²) in [6.45, 7) is 2.52. The van der Waals surface area contributed by atoms with Crippen molar-refractivity contribution in [2.75, 3.05) is 10.6 Å². The van der Waals surface area contributed by atoms with Crippen molar-refractivity contribution in [1.29, 1.82) is 0 Å². The normalized spacial score (nSPS) is 10.5. The van der Waals surface area contributed by atoms with Crippen LogP contribution in [0.4, 0.5) is 17.5 Å². The molecule has 0 spiro atoms. The van der Waals surface area contributed by atoms with Crippen LogP contribution in [0.5, 0.6) is 0 Å². The molecule has 1 aromatic carbocycles. The standard InChI is InChI=1S/C17H15Cl2N5/c1-11-9-15(23-14-4-2-3-13(18)16(14)19)24-17(22-11)21-10-12-5-7-20-8-6-12/h2-9H,10H2,1H3,(H2,21,22,23,24). The topological polar surface area (TPSA) is 62.7 Å². The lowest BCUT2D eigenvalue weighted by Crippen LogP contribution is -2.06. The van der Waals surface area contributed by atoms with Crippen LogP contribution in [-0.2, 0) is 6.54 Å². The smallest absolute Gasteiger partial charge is 0.225 e. The Balaban J connectivity index is 1.77. The first-order valence-corrected chi connectivity index (χ1v) is 8.07. The van der Waals surface area contributed by atoms with Gasteiger partial charge in [-0.15, -0.1) is 0 Å². The molecule has 0 amide bonds. The number of nitrogens with zero attached hydrogens (tertiary/aromatic N) is 3. The molecule has 3 aromatic rings. The number of aryl methyl sites for hydroxylation is 1. The van der Waals surface area contributed by atoms with Gasteiger partial charge in [0.1, 0.15) is 5.82 Å². The molecule has 0 bridgehead atoms. The molecule has 3 rings (SSSR count). The quantitative estimate of drug-likeness (QED) is 0.682. The maximum atomic E-state index is 6.20. The van der Waals surface area contributed by atoms with Crippen LogP contribution in [-0.4, -0.2) is 15.0 Å². The fraction of sp³-hybridized carbons (Fsp3) is 0.118. The Kier molecular flexibility index (Phi) is 5.13. The number of anilines is 3. The van der Waals surface area contributed by atoms with Gasteiger partial charge in [-0.1, -0.05) is 29.3 Å². The van der Waals surface area contributed by atoms with E-state index in [4.69, 9.17) is 23.2 Å². The Labute approximate surface area is 150 Å². The molecule has 2 heterocycles.